The van der Waals surface area contributed by atoms with Crippen LogP contribution in [0.2, 0.25) is 9.73 Å². The van der Waals surface area contributed by atoms with E-state index in [1.54, 1.807) is 11.0 Å². The molecule has 42 heavy (non-hydrogen) atoms. The standard InChI is InChI=1S/C27H30AsClF5N5O3/c28-19-5-7-39(26(19)42)15-22(40)35-14-16-1-3-18(24(31)23(16)30)25(41)36-20-4-2-17(29)13-21(20)38-11-9-37(10-12-38)8-6-27(32,33)34/h1-4,13,19H,5-12,14-15,28H2,(H,35,40)(H,36,41). The number of likely N-dealkylation sites (tertiary alicyclic amines) is 1. The average molecular weight is 678 g/mol. The number of carbonyl (C=O) groups is 3. The molecule has 2 fully saturated rings. The summed E-state index contributed by atoms with van der Waals surface area (Å²) in [5.74, 6) is -4.22. The number of benzene rings is 2. The summed E-state index contributed by atoms with van der Waals surface area (Å²) >= 11 is 7.45. The van der Waals surface area contributed by atoms with Crippen LogP contribution in [0, 0.1) is 11.6 Å². The van der Waals surface area contributed by atoms with Gasteiger partial charge < -0.3 is 10.2 Å². The second-order valence-corrected chi connectivity index (χ2v) is 12.3. The number of hydrogen-bond donors (Lipinski definition) is 2. The molecule has 228 valence electrons. The molecule has 0 radical (unpaired) electrons. The number of rotatable bonds is 9. The molecule has 0 spiro atoms. The van der Waals surface area contributed by atoms with Crippen molar-refractivity contribution in [2.24, 2.45) is 0 Å². The van der Waals surface area contributed by atoms with E-state index in [0.717, 1.165) is 6.07 Å². The van der Waals surface area contributed by atoms with Gasteiger partial charge in [-0.05, 0) is 18.2 Å². The van der Waals surface area contributed by atoms with Gasteiger partial charge in [-0.15, -0.1) is 0 Å². The molecular weight excluding hydrogens is 648 g/mol. The van der Waals surface area contributed by atoms with Crippen molar-refractivity contribution < 1.29 is 36.3 Å². The molecule has 2 unspecified atom stereocenters. The Kier molecular flexibility index (Phi) is 10.4. The summed E-state index contributed by atoms with van der Waals surface area (Å²) in [6, 6.07) is 6.92. The first-order chi connectivity index (χ1) is 19.8. The van der Waals surface area contributed by atoms with E-state index in [2.05, 4.69) is 10.6 Å². The number of alkyl halides is 3. The quantitative estimate of drug-likeness (QED) is 0.315. The van der Waals surface area contributed by atoms with Gasteiger partial charge in [-0.2, -0.15) is 13.2 Å². The van der Waals surface area contributed by atoms with Crippen molar-refractivity contribution in [3.05, 3.63) is 58.1 Å². The van der Waals surface area contributed by atoms with Crippen LogP contribution >= 0.6 is 11.6 Å². The minimum absolute atomic E-state index is 0.0960. The first kappa shape index (κ1) is 32.0. The predicted octanol–water partition coefficient (Wildman–Crippen LogP) is 3.22. The Morgan fingerprint density at radius 1 is 1.02 bits per heavy atom. The van der Waals surface area contributed by atoms with Gasteiger partial charge in [0.05, 0.1) is 17.8 Å². The van der Waals surface area contributed by atoms with Crippen LogP contribution in [0.1, 0.15) is 28.8 Å². The first-order valence-electron chi connectivity index (χ1n) is 13.3. The monoisotopic (exact) mass is 677 g/mol. The van der Waals surface area contributed by atoms with Crippen LogP contribution in [0.4, 0.5) is 33.3 Å². The number of piperazine rings is 1. The fourth-order valence-electron chi connectivity index (χ4n) is 4.80. The fraction of sp³-hybridized carbons (Fsp3) is 0.444. The third kappa shape index (κ3) is 8.14. The van der Waals surface area contributed by atoms with Crippen LogP contribution in [-0.2, 0) is 16.1 Å². The molecule has 0 saturated carbocycles. The van der Waals surface area contributed by atoms with E-state index in [4.69, 9.17) is 11.6 Å². The molecule has 4 rings (SSSR count). The minimum atomic E-state index is -4.24. The SMILES string of the molecule is O=C(CN1CCC([AsH2])C1=O)NCc1ccc(C(=O)Nc2ccc(Cl)cc2N2CCN(CCC(F)(F)F)CC2)c(F)c1F. The maximum absolute atomic E-state index is 15.0. The molecule has 2 aliphatic rings. The molecule has 0 aromatic heterocycles. The molecule has 2 heterocycles. The van der Waals surface area contributed by atoms with Gasteiger partial charge in [0.2, 0.25) is 0 Å². The zero-order valence-electron chi connectivity index (χ0n) is 22.4. The van der Waals surface area contributed by atoms with Crippen molar-refractivity contribution in [2.75, 3.05) is 56.0 Å². The van der Waals surface area contributed by atoms with Gasteiger partial charge in [-0.3, -0.25) is 9.69 Å². The van der Waals surface area contributed by atoms with Crippen molar-refractivity contribution in [1.82, 2.24) is 15.1 Å². The van der Waals surface area contributed by atoms with Crippen molar-refractivity contribution in [3.8, 4) is 0 Å². The van der Waals surface area contributed by atoms with Crippen molar-refractivity contribution >= 4 is 57.6 Å². The van der Waals surface area contributed by atoms with E-state index in [-0.39, 0.29) is 41.5 Å². The van der Waals surface area contributed by atoms with Gasteiger partial charge in [-0.25, -0.2) is 0 Å². The molecule has 2 aromatic carbocycles. The van der Waals surface area contributed by atoms with Crippen molar-refractivity contribution in [1.29, 1.82) is 0 Å². The van der Waals surface area contributed by atoms with Crippen LogP contribution in [0.3, 0.4) is 0 Å². The van der Waals surface area contributed by atoms with E-state index < -0.39 is 41.6 Å². The Labute approximate surface area is 253 Å². The summed E-state index contributed by atoms with van der Waals surface area (Å²) in [6.07, 6.45) is -4.47. The number of halogens is 6. The molecule has 2 aromatic rings. The number of nitrogens with zero attached hydrogens (tertiary/aromatic N) is 3. The molecule has 2 N–H and O–H groups in total. The molecule has 15 heteroatoms. The van der Waals surface area contributed by atoms with Crippen LogP contribution in [0.25, 0.3) is 0 Å². The van der Waals surface area contributed by atoms with Crippen molar-refractivity contribution in [3.63, 3.8) is 0 Å². The van der Waals surface area contributed by atoms with Crippen LogP contribution in [-0.4, -0.2) is 96.4 Å². The second kappa shape index (κ2) is 13.6. The first-order valence-corrected chi connectivity index (χ1v) is 15.0. The van der Waals surface area contributed by atoms with E-state index in [0.29, 0.717) is 49.9 Å². The van der Waals surface area contributed by atoms with E-state index in [1.165, 1.54) is 40.0 Å². The molecular formula is C27H30AsClF5N5O3. The molecule has 3 amide bonds. The Morgan fingerprint density at radius 3 is 2.38 bits per heavy atom. The Hall–Kier alpha value is -2.89. The zero-order chi connectivity index (χ0) is 30.6. The van der Waals surface area contributed by atoms with Gasteiger partial charge in [0.15, 0.2) is 0 Å². The zero-order valence-corrected chi connectivity index (χ0v) is 25.6. The normalized spacial score (nSPS) is 18.0. The van der Waals surface area contributed by atoms with E-state index in [1.807, 2.05) is 4.90 Å². The molecule has 2 saturated heterocycles. The third-order valence-corrected chi connectivity index (χ3v) is 8.72. The predicted molar refractivity (Wildman–Crippen MR) is 150 cm³/mol. The van der Waals surface area contributed by atoms with Gasteiger partial charge in [0, 0.05) is 37.7 Å². The summed E-state index contributed by atoms with van der Waals surface area (Å²) < 4.78 is 67.5. The fourth-order valence-corrected chi connectivity index (χ4v) is 5.72. The van der Waals surface area contributed by atoms with E-state index in [9.17, 15) is 36.3 Å². The Bertz CT molecular complexity index is 1340. The maximum atomic E-state index is 15.0. The van der Waals surface area contributed by atoms with Crippen molar-refractivity contribution in [2.45, 2.75) is 30.3 Å². The summed E-state index contributed by atoms with van der Waals surface area (Å²) in [7, 11) is 0. The summed E-state index contributed by atoms with van der Waals surface area (Å²) in [6.45, 7) is 1.32. The van der Waals surface area contributed by atoms with Gasteiger partial charge >= 0.3 is 135 Å². The third-order valence-electron chi connectivity index (χ3n) is 7.19. The molecule has 0 bridgehead atoms. The molecule has 0 aliphatic carbocycles. The van der Waals surface area contributed by atoms with Crippen LogP contribution < -0.4 is 15.5 Å². The van der Waals surface area contributed by atoms with E-state index >= 15 is 0 Å². The number of hydrogen-bond acceptors (Lipinski definition) is 5. The summed E-state index contributed by atoms with van der Waals surface area (Å²) in [5.41, 5.74) is 0.0473. The second-order valence-electron chi connectivity index (χ2n) is 10.1. The molecule has 8 nitrogen and oxygen atoms in total. The van der Waals surface area contributed by atoms with Crippen LogP contribution in [0.5, 0.6) is 0 Å². The Balaban J connectivity index is 1.38. The molecule has 2 aliphatic heterocycles. The summed E-state index contributed by atoms with van der Waals surface area (Å²) in [4.78, 5) is 42.2. The Morgan fingerprint density at radius 2 is 1.74 bits per heavy atom. The number of amides is 3. The average Bonchev–Trinajstić information content (AvgIpc) is 3.25. The molecule has 2 atom stereocenters. The van der Waals surface area contributed by atoms with Gasteiger partial charge in [0.1, 0.15) is 0 Å². The van der Waals surface area contributed by atoms with Gasteiger partial charge in [-0.1, -0.05) is 11.6 Å². The summed E-state index contributed by atoms with van der Waals surface area (Å²) in [5, 5.41) is 5.41. The number of nitrogens with one attached hydrogen (secondary N) is 2. The van der Waals surface area contributed by atoms with Crippen LogP contribution in [0.15, 0.2) is 30.3 Å². The number of anilines is 2. The van der Waals surface area contributed by atoms with Gasteiger partial charge in [0.25, 0.3) is 0 Å². The topological polar surface area (TPSA) is 85.0 Å². The number of carbonyl (C=O) groups excluding carboxylic acids is 3.